The van der Waals surface area contributed by atoms with Crippen molar-refractivity contribution < 1.29 is 9.26 Å². The van der Waals surface area contributed by atoms with Gasteiger partial charge in [0, 0.05) is 13.2 Å². The molecule has 90 valence electrons. The molecule has 5 nitrogen and oxygen atoms in total. The van der Waals surface area contributed by atoms with E-state index in [1.165, 1.54) is 12.8 Å². The van der Waals surface area contributed by atoms with Crippen LogP contribution < -0.4 is 5.32 Å². The highest BCUT2D eigenvalue weighted by Crippen LogP contribution is 2.33. The van der Waals surface area contributed by atoms with Gasteiger partial charge >= 0.3 is 0 Å². The molecule has 1 aliphatic carbocycles. The van der Waals surface area contributed by atoms with Gasteiger partial charge in [0.05, 0.1) is 5.92 Å². The maximum absolute atomic E-state index is 5.32. The Labute approximate surface area is 95.6 Å². The van der Waals surface area contributed by atoms with E-state index in [-0.39, 0.29) is 6.10 Å². The molecule has 1 N–H and O–H groups in total. The first kappa shape index (κ1) is 11.5. The van der Waals surface area contributed by atoms with Crippen molar-refractivity contribution in [3.8, 4) is 0 Å². The van der Waals surface area contributed by atoms with Crippen LogP contribution >= 0.6 is 0 Å². The minimum absolute atomic E-state index is 0.105. The monoisotopic (exact) mass is 225 g/mol. The third kappa shape index (κ3) is 2.10. The topological polar surface area (TPSA) is 60.2 Å². The minimum Gasteiger partial charge on any atom is -0.374 e. The average molecular weight is 225 g/mol. The van der Waals surface area contributed by atoms with Crippen LogP contribution in [0.4, 0.5) is 0 Å². The SMILES string of the molecule is CNC1CCCC1c1nc(C(C)OC)no1. The molecule has 0 amide bonds. The predicted molar refractivity (Wildman–Crippen MR) is 59.2 cm³/mol. The van der Waals surface area contributed by atoms with Gasteiger partial charge in [0.1, 0.15) is 6.10 Å². The minimum atomic E-state index is -0.105. The Morgan fingerprint density at radius 3 is 3.00 bits per heavy atom. The number of likely N-dealkylation sites (N-methyl/N-ethyl adjacent to an activating group) is 1. The third-order valence-electron chi connectivity index (χ3n) is 3.38. The van der Waals surface area contributed by atoms with Crippen molar-refractivity contribution in [1.82, 2.24) is 15.5 Å². The fourth-order valence-corrected chi connectivity index (χ4v) is 2.27. The molecule has 0 radical (unpaired) electrons. The van der Waals surface area contributed by atoms with Crippen molar-refractivity contribution in [3.63, 3.8) is 0 Å². The van der Waals surface area contributed by atoms with Gasteiger partial charge in [0.25, 0.3) is 0 Å². The van der Waals surface area contributed by atoms with E-state index in [2.05, 4.69) is 15.5 Å². The molecule has 0 spiro atoms. The molecule has 2 rings (SSSR count). The maximum Gasteiger partial charge on any atom is 0.231 e. The first-order valence-corrected chi connectivity index (χ1v) is 5.79. The van der Waals surface area contributed by atoms with Gasteiger partial charge in [-0.3, -0.25) is 0 Å². The zero-order chi connectivity index (χ0) is 11.5. The standard InChI is InChI=1S/C11H19N3O2/c1-7(15-3)10-13-11(16-14-10)8-5-4-6-9(8)12-2/h7-9,12H,4-6H2,1-3H3. The van der Waals surface area contributed by atoms with Crippen molar-refractivity contribution in [3.05, 3.63) is 11.7 Å². The van der Waals surface area contributed by atoms with Gasteiger partial charge in [-0.15, -0.1) is 0 Å². The fraction of sp³-hybridized carbons (Fsp3) is 0.818. The molecule has 1 aromatic rings. The van der Waals surface area contributed by atoms with E-state index in [0.29, 0.717) is 17.8 Å². The molecule has 16 heavy (non-hydrogen) atoms. The van der Waals surface area contributed by atoms with Crippen LogP contribution in [0.25, 0.3) is 0 Å². The molecule has 3 unspecified atom stereocenters. The molecule has 3 atom stereocenters. The number of hydrogen-bond donors (Lipinski definition) is 1. The molecule has 1 saturated carbocycles. The molecule has 1 aromatic heterocycles. The van der Waals surface area contributed by atoms with E-state index in [1.807, 2.05) is 14.0 Å². The van der Waals surface area contributed by atoms with E-state index >= 15 is 0 Å². The van der Waals surface area contributed by atoms with Gasteiger partial charge in [-0.2, -0.15) is 4.98 Å². The van der Waals surface area contributed by atoms with E-state index < -0.39 is 0 Å². The molecule has 1 heterocycles. The number of ether oxygens (including phenoxy) is 1. The lowest BCUT2D eigenvalue weighted by molar-refractivity contribution is 0.109. The van der Waals surface area contributed by atoms with Gasteiger partial charge in [-0.1, -0.05) is 11.6 Å². The second kappa shape index (κ2) is 4.93. The summed E-state index contributed by atoms with van der Waals surface area (Å²) in [5.41, 5.74) is 0. The number of nitrogens with zero attached hydrogens (tertiary/aromatic N) is 2. The van der Waals surface area contributed by atoms with Gasteiger partial charge in [0.2, 0.25) is 5.89 Å². The Hall–Kier alpha value is -0.940. The Morgan fingerprint density at radius 2 is 2.31 bits per heavy atom. The normalized spacial score (nSPS) is 27.2. The summed E-state index contributed by atoms with van der Waals surface area (Å²) in [6.07, 6.45) is 3.41. The van der Waals surface area contributed by atoms with Crippen LogP contribution in [-0.4, -0.2) is 30.3 Å². The molecule has 0 aliphatic heterocycles. The molecule has 0 aromatic carbocycles. The smallest absolute Gasteiger partial charge is 0.231 e. The lowest BCUT2D eigenvalue weighted by Crippen LogP contribution is -2.27. The largest absolute Gasteiger partial charge is 0.374 e. The Kier molecular flexibility index (Phi) is 3.56. The highest BCUT2D eigenvalue weighted by Gasteiger charge is 2.32. The van der Waals surface area contributed by atoms with Crippen LogP contribution in [0.3, 0.4) is 0 Å². The lowest BCUT2D eigenvalue weighted by atomic mass is 10.0. The van der Waals surface area contributed by atoms with Gasteiger partial charge in [-0.05, 0) is 26.8 Å². The van der Waals surface area contributed by atoms with Crippen molar-refractivity contribution in [2.24, 2.45) is 0 Å². The highest BCUT2D eigenvalue weighted by atomic mass is 16.5. The Bertz CT molecular complexity index is 340. The van der Waals surface area contributed by atoms with Crippen LogP contribution in [0.15, 0.2) is 4.52 Å². The van der Waals surface area contributed by atoms with E-state index in [4.69, 9.17) is 9.26 Å². The average Bonchev–Trinajstić information content (AvgIpc) is 2.95. The summed E-state index contributed by atoms with van der Waals surface area (Å²) in [4.78, 5) is 4.42. The van der Waals surface area contributed by atoms with Crippen LogP contribution in [0.1, 0.15) is 49.9 Å². The zero-order valence-electron chi connectivity index (χ0n) is 10.1. The number of rotatable bonds is 4. The molecule has 0 bridgehead atoms. The highest BCUT2D eigenvalue weighted by molar-refractivity contribution is 5.03. The van der Waals surface area contributed by atoms with Crippen molar-refractivity contribution in [1.29, 1.82) is 0 Å². The van der Waals surface area contributed by atoms with E-state index in [0.717, 1.165) is 12.3 Å². The van der Waals surface area contributed by atoms with Gasteiger partial charge in [0.15, 0.2) is 5.82 Å². The van der Waals surface area contributed by atoms with Gasteiger partial charge in [-0.25, -0.2) is 0 Å². The Morgan fingerprint density at radius 1 is 1.50 bits per heavy atom. The quantitative estimate of drug-likeness (QED) is 0.844. The van der Waals surface area contributed by atoms with Crippen molar-refractivity contribution in [2.45, 2.75) is 44.2 Å². The first-order valence-electron chi connectivity index (χ1n) is 5.79. The fourth-order valence-electron chi connectivity index (χ4n) is 2.27. The molecule has 5 heteroatoms. The first-order chi connectivity index (χ1) is 7.76. The summed E-state index contributed by atoms with van der Waals surface area (Å²) in [6, 6.07) is 0.464. The number of nitrogens with one attached hydrogen (secondary N) is 1. The van der Waals surface area contributed by atoms with Gasteiger partial charge < -0.3 is 14.6 Å². The van der Waals surface area contributed by atoms with Crippen molar-refractivity contribution >= 4 is 0 Å². The summed E-state index contributed by atoms with van der Waals surface area (Å²) in [7, 11) is 3.63. The summed E-state index contributed by atoms with van der Waals surface area (Å²) in [5, 5.41) is 7.27. The van der Waals surface area contributed by atoms with Crippen LogP contribution in [0, 0.1) is 0 Å². The zero-order valence-corrected chi connectivity index (χ0v) is 10.1. The summed E-state index contributed by atoms with van der Waals surface area (Å²) in [6.45, 7) is 1.92. The van der Waals surface area contributed by atoms with Crippen LogP contribution in [0.2, 0.25) is 0 Å². The lowest BCUT2D eigenvalue weighted by Gasteiger charge is -2.14. The second-order valence-corrected chi connectivity index (χ2v) is 4.30. The maximum atomic E-state index is 5.32. The van der Waals surface area contributed by atoms with E-state index in [1.54, 1.807) is 7.11 Å². The molecule has 0 saturated heterocycles. The van der Waals surface area contributed by atoms with Crippen LogP contribution in [-0.2, 0) is 4.74 Å². The second-order valence-electron chi connectivity index (χ2n) is 4.30. The van der Waals surface area contributed by atoms with Crippen molar-refractivity contribution in [2.75, 3.05) is 14.2 Å². The van der Waals surface area contributed by atoms with Crippen LogP contribution in [0.5, 0.6) is 0 Å². The Balaban J connectivity index is 2.12. The predicted octanol–water partition coefficient (Wildman–Crippen LogP) is 1.63. The molecular weight excluding hydrogens is 206 g/mol. The number of hydrogen-bond acceptors (Lipinski definition) is 5. The third-order valence-corrected chi connectivity index (χ3v) is 3.38. The summed E-state index contributed by atoms with van der Waals surface area (Å²) >= 11 is 0. The molecule has 1 fully saturated rings. The molecule has 1 aliphatic rings. The molecular formula is C11H19N3O2. The number of aromatic nitrogens is 2. The number of methoxy groups -OCH3 is 1. The summed E-state index contributed by atoms with van der Waals surface area (Å²) < 4.78 is 10.5. The van der Waals surface area contributed by atoms with E-state index in [9.17, 15) is 0 Å². The summed E-state index contributed by atoms with van der Waals surface area (Å²) in [5.74, 6) is 1.74.